The Hall–Kier alpha value is -0.570. The number of hydrogen-bond donors (Lipinski definition) is 2. The van der Waals surface area contributed by atoms with Gasteiger partial charge in [0.2, 0.25) is 5.91 Å². The van der Waals surface area contributed by atoms with Gasteiger partial charge in [-0.25, -0.2) is 0 Å². The average Bonchev–Trinajstić information content (AvgIpc) is 1.94. The summed E-state index contributed by atoms with van der Waals surface area (Å²) in [6.07, 6.45) is 0.914. The van der Waals surface area contributed by atoms with E-state index in [9.17, 15) is 4.79 Å². The molecule has 0 aliphatic rings. The van der Waals surface area contributed by atoms with Crippen LogP contribution in [-0.4, -0.2) is 18.5 Å². The van der Waals surface area contributed by atoms with Gasteiger partial charge in [-0.2, -0.15) is 0 Å². The highest BCUT2D eigenvalue weighted by molar-refractivity contribution is 5.81. The van der Waals surface area contributed by atoms with Gasteiger partial charge in [-0.3, -0.25) is 4.79 Å². The van der Waals surface area contributed by atoms with Crippen molar-refractivity contribution in [3.8, 4) is 0 Å². The van der Waals surface area contributed by atoms with Gasteiger partial charge in [0.1, 0.15) is 0 Å². The van der Waals surface area contributed by atoms with Gasteiger partial charge in [-0.05, 0) is 11.8 Å². The van der Waals surface area contributed by atoms with Crippen LogP contribution < -0.4 is 11.1 Å². The maximum absolute atomic E-state index is 11.6. The van der Waals surface area contributed by atoms with E-state index in [-0.39, 0.29) is 22.8 Å². The lowest BCUT2D eigenvalue weighted by Crippen LogP contribution is -2.43. The first-order chi connectivity index (χ1) is 6.52. The van der Waals surface area contributed by atoms with Crippen LogP contribution in [0.2, 0.25) is 0 Å². The molecule has 0 aromatic rings. The largest absolute Gasteiger partial charge is 0.354 e. The summed E-state index contributed by atoms with van der Waals surface area (Å²) in [4.78, 5) is 11.6. The zero-order valence-corrected chi connectivity index (χ0v) is 11.0. The fourth-order valence-corrected chi connectivity index (χ4v) is 1.35. The monoisotopic (exact) mass is 214 g/mol. The van der Waals surface area contributed by atoms with Gasteiger partial charge in [0.25, 0.3) is 0 Å². The molecule has 3 N–H and O–H groups in total. The van der Waals surface area contributed by atoms with E-state index in [0.717, 1.165) is 6.42 Å². The number of nitrogens with one attached hydrogen (secondary N) is 1. The quantitative estimate of drug-likeness (QED) is 0.754. The van der Waals surface area contributed by atoms with Gasteiger partial charge in [-0.15, -0.1) is 0 Å². The molecule has 1 amide bonds. The van der Waals surface area contributed by atoms with E-state index in [0.29, 0.717) is 6.54 Å². The Morgan fingerprint density at radius 2 is 1.67 bits per heavy atom. The Labute approximate surface area is 93.8 Å². The van der Waals surface area contributed by atoms with Gasteiger partial charge in [-0.1, -0.05) is 41.5 Å². The van der Waals surface area contributed by atoms with Crippen molar-refractivity contribution in [1.29, 1.82) is 0 Å². The minimum atomic E-state index is -0.332. The third kappa shape index (κ3) is 7.37. The molecule has 0 saturated carbocycles. The number of carbonyl (C=O) groups is 1. The molecule has 0 rings (SSSR count). The van der Waals surface area contributed by atoms with Crippen molar-refractivity contribution in [2.45, 2.75) is 54.0 Å². The molecule has 90 valence electrons. The second-order valence-electron chi connectivity index (χ2n) is 6.48. The van der Waals surface area contributed by atoms with Crippen LogP contribution in [0.3, 0.4) is 0 Å². The minimum Gasteiger partial charge on any atom is -0.354 e. The van der Waals surface area contributed by atoms with Crippen molar-refractivity contribution in [2.24, 2.45) is 16.6 Å². The van der Waals surface area contributed by atoms with Crippen LogP contribution in [-0.2, 0) is 4.79 Å². The van der Waals surface area contributed by atoms with Gasteiger partial charge < -0.3 is 11.1 Å². The summed E-state index contributed by atoms with van der Waals surface area (Å²) in [6, 6.07) is 0.0382. The highest BCUT2D eigenvalue weighted by atomic mass is 16.2. The summed E-state index contributed by atoms with van der Waals surface area (Å²) in [5, 5.41) is 2.88. The van der Waals surface area contributed by atoms with Gasteiger partial charge in [0.05, 0.1) is 0 Å². The second-order valence-corrected chi connectivity index (χ2v) is 6.48. The van der Waals surface area contributed by atoms with Gasteiger partial charge in [0.15, 0.2) is 0 Å². The van der Waals surface area contributed by atoms with Crippen LogP contribution in [0.1, 0.15) is 48.0 Å². The van der Waals surface area contributed by atoms with E-state index in [4.69, 9.17) is 5.73 Å². The van der Waals surface area contributed by atoms with Crippen molar-refractivity contribution in [2.75, 3.05) is 6.54 Å². The number of hydrogen-bond acceptors (Lipinski definition) is 2. The number of carbonyl (C=O) groups excluding carboxylic acids is 1. The maximum Gasteiger partial charge on any atom is 0.225 e. The summed E-state index contributed by atoms with van der Waals surface area (Å²) < 4.78 is 0. The van der Waals surface area contributed by atoms with E-state index in [1.165, 1.54) is 0 Å². The third-order valence-corrected chi connectivity index (χ3v) is 2.08. The molecule has 0 heterocycles. The number of rotatable bonds is 3. The van der Waals surface area contributed by atoms with Crippen molar-refractivity contribution >= 4 is 5.91 Å². The molecule has 0 spiro atoms. The second kappa shape index (κ2) is 4.97. The first-order valence-corrected chi connectivity index (χ1v) is 5.56. The van der Waals surface area contributed by atoms with E-state index >= 15 is 0 Å². The van der Waals surface area contributed by atoms with Crippen LogP contribution in [0, 0.1) is 10.8 Å². The lowest BCUT2D eigenvalue weighted by atomic mass is 9.88. The van der Waals surface area contributed by atoms with E-state index in [1.807, 2.05) is 20.8 Å². The topological polar surface area (TPSA) is 55.1 Å². The Morgan fingerprint density at radius 3 is 2.00 bits per heavy atom. The van der Waals surface area contributed by atoms with E-state index < -0.39 is 0 Å². The Kier molecular flexibility index (Phi) is 4.78. The highest BCUT2D eigenvalue weighted by Gasteiger charge is 2.22. The molecule has 0 aliphatic heterocycles. The zero-order valence-electron chi connectivity index (χ0n) is 11.0. The Bertz CT molecular complexity index is 211. The predicted molar refractivity (Wildman–Crippen MR) is 64.5 cm³/mol. The fourth-order valence-electron chi connectivity index (χ4n) is 1.35. The first kappa shape index (κ1) is 14.4. The fraction of sp³-hybridized carbons (Fsp3) is 0.917. The van der Waals surface area contributed by atoms with Crippen LogP contribution in [0.4, 0.5) is 0 Å². The number of amides is 1. The van der Waals surface area contributed by atoms with Gasteiger partial charge >= 0.3 is 0 Å². The Morgan fingerprint density at radius 1 is 1.20 bits per heavy atom. The molecule has 1 unspecified atom stereocenters. The summed E-state index contributed by atoms with van der Waals surface area (Å²) in [7, 11) is 0. The SMILES string of the molecule is CC(C)(C)CC(N)CNC(=O)C(C)(C)C. The molecule has 3 nitrogen and oxygen atoms in total. The predicted octanol–water partition coefficient (Wildman–Crippen LogP) is 1.91. The first-order valence-electron chi connectivity index (χ1n) is 5.56. The average molecular weight is 214 g/mol. The normalized spacial score (nSPS) is 14.9. The van der Waals surface area contributed by atoms with Crippen molar-refractivity contribution in [1.82, 2.24) is 5.32 Å². The van der Waals surface area contributed by atoms with Crippen LogP contribution in [0.25, 0.3) is 0 Å². The molecule has 3 heteroatoms. The minimum absolute atomic E-state index is 0.0382. The zero-order chi connectivity index (χ0) is 12.3. The van der Waals surface area contributed by atoms with Crippen molar-refractivity contribution in [3.05, 3.63) is 0 Å². The summed E-state index contributed by atoms with van der Waals surface area (Å²) in [5.41, 5.74) is 5.82. The highest BCUT2D eigenvalue weighted by Crippen LogP contribution is 2.19. The summed E-state index contributed by atoms with van der Waals surface area (Å²) in [6.45, 7) is 12.7. The van der Waals surface area contributed by atoms with Crippen LogP contribution >= 0.6 is 0 Å². The molecule has 0 saturated heterocycles. The molecule has 0 radical (unpaired) electrons. The summed E-state index contributed by atoms with van der Waals surface area (Å²) in [5.74, 6) is 0.0619. The third-order valence-electron chi connectivity index (χ3n) is 2.08. The van der Waals surface area contributed by atoms with E-state index in [1.54, 1.807) is 0 Å². The van der Waals surface area contributed by atoms with Crippen molar-refractivity contribution in [3.63, 3.8) is 0 Å². The molecular formula is C12H26N2O. The lowest BCUT2D eigenvalue weighted by Gasteiger charge is -2.25. The van der Waals surface area contributed by atoms with E-state index in [2.05, 4.69) is 26.1 Å². The van der Waals surface area contributed by atoms with Crippen LogP contribution in [0.15, 0.2) is 0 Å². The number of nitrogens with two attached hydrogens (primary N) is 1. The molecular weight excluding hydrogens is 188 g/mol. The maximum atomic E-state index is 11.6. The summed E-state index contributed by atoms with van der Waals surface area (Å²) >= 11 is 0. The molecule has 0 aliphatic carbocycles. The Balaban J connectivity index is 3.92. The molecule has 0 aromatic carbocycles. The smallest absolute Gasteiger partial charge is 0.225 e. The molecule has 0 fully saturated rings. The molecule has 1 atom stereocenters. The molecule has 0 bridgehead atoms. The lowest BCUT2D eigenvalue weighted by molar-refractivity contribution is -0.128. The standard InChI is InChI=1S/C12H26N2O/c1-11(2,3)7-9(13)8-14-10(15)12(4,5)6/h9H,7-8,13H2,1-6H3,(H,14,15). The molecule has 0 aromatic heterocycles. The van der Waals surface area contributed by atoms with Gasteiger partial charge in [0, 0.05) is 18.0 Å². The van der Waals surface area contributed by atoms with Crippen LogP contribution in [0.5, 0.6) is 0 Å². The molecule has 15 heavy (non-hydrogen) atoms. The van der Waals surface area contributed by atoms with Crippen molar-refractivity contribution < 1.29 is 4.79 Å².